The van der Waals surface area contributed by atoms with Gasteiger partial charge >= 0.3 is 0 Å². The number of carbonyl (C=O) groups is 1. The third kappa shape index (κ3) is 6.23. The number of nitrogens with zero attached hydrogens (tertiary/aromatic N) is 1. The van der Waals surface area contributed by atoms with Gasteiger partial charge in [0.2, 0.25) is 5.91 Å². The van der Waals surface area contributed by atoms with E-state index in [-0.39, 0.29) is 16.3 Å². The standard InChI is InChI=1S/C27H32N2O8S/c1-18(19-7-13-23(34-3)25(15-19)36-5)28-27(30)17-29(20-8-10-21(33-2)11-9-20)38(31,32)22-12-14-24(35-4)26(16-22)37-6/h7-16,18H,17H2,1-6H3,(H,28,30). The van der Waals surface area contributed by atoms with Crippen LogP contribution < -0.4 is 33.3 Å². The number of ether oxygens (including phenoxy) is 5. The van der Waals surface area contributed by atoms with Crippen LogP contribution in [0.5, 0.6) is 28.7 Å². The van der Waals surface area contributed by atoms with Gasteiger partial charge < -0.3 is 29.0 Å². The minimum atomic E-state index is -4.19. The molecule has 0 bridgehead atoms. The molecule has 0 saturated heterocycles. The summed E-state index contributed by atoms with van der Waals surface area (Å²) in [7, 11) is 3.26. The van der Waals surface area contributed by atoms with Crippen LogP contribution in [-0.2, 0) is 14.8 Å². The smallest absolute Gasteiger partial charge is 0.264 e. The maximum absolute atomic E-state index is 13.8. The lowest BCUT2D eigenvalue weighted by Gasteiger charge is -2.25. The van der Waals surface area contributed by atoms with Crippen LogP contribution in [0, 0.1) is 0 Å². The molecule has 0 aliphatic rings. The van der Waals surface area contributed by atoms with E-state index in [1.807, 2.05) is 0 Å². The topological polar surface area (TPSA) is 113 Å². The molecule has 0 spiro atoms. The second kappa shape index (κ2) is 12.4. The second-order valence-corrected chi connectivity index (χ2v) is 9.99. The molecule has 3 aromatic rings. The van der Waals surface area contributed by atoms with Crippen molar-refractivity contribution in [3.63, 3.8) is 0 Å². The predicted molar refractivity (Wildman–Crippen MR) is 143 cm³/mol. The van der Waals surface area contributed by atoms with E-state index in [0.717, 1.165) is 9.87 Å². The Kier molecular flexibility index (Phi) is 9.30. The molecule has 1 unspecified atom stereocenters. The number of amides is 1. The van der Waals surface area contributed by atoms with Crippen molar-refractivity contribution < 1.29 is 36.9 Å². The van der Waals surface area contributed by atoms with Crippen molar-refractivity contribution in [2.45, 2.75) is 17.9 Å². The van der Waals surface area contributed by atoms with Crippen molar-refractivity contribution in [3.8, 4) is 28.7 Å². The zero-order valence-corrected chi connectivity index (χ0v) is 23.0. The van der Waals surface area contributed by atoms with Crippen molar-refractivity contribution >= 4 is 21.6 Å². The van der Waals surface area contributed by atoms with Gasteiger partial charge in [0.25, 0.3) is 10.0 Å². The number of hydrogen-bond donors (Lipinski definition) is 1. The molecule has 38 heavy (non-hydrogen) atoms. The van der Waals surface area contributed by atoms with Crippen LogP contribution in [0.15, 0.2) is 65.6 Å². The zero-order valence-electron chi connectivity index (χ0n) is 22.2. The van der Waals surface area contributed by atoms with Gasteiger partial charge in [-0.25, -0.2) is 8.42 Å². The van der Waals surface area contributed by atoms with Gasteiger partial charge in [0.1, 0.15) is 12.3 Å². The quantitative estimate of drug-likeness (QED) is 0.366. The molecule has 1 atom stereocenters. The van der Waals surface area contributed by atoms with E-state index in [2.05, 4.69) is 5.32 Å². The normalized spacial score (nSPS) is 11.7. The summed E-state index contributed by atoms with van der Waals surface area (Å²) in [6.45, 7) is 1.32. The molecule has 0 aliphatic carbocycles. The zero-order chi connectivity index (χ0) is 27.9. The van der Waals surface area contributed by atoms with Crippen LogP contribution in [0.1, 0.15) is 18.5 Å². The number of methoxy groups -OCH3 is 5. The highest BCUT2D eigenvalue weighted by Gasteiger charge is 2.29. The summed E-state index contributed by atoms with van der Waals surface area (Å²) >= 11 is 0. The molecule has 11 heteroatoms. The summed E-state index contributed by atoms with van der Waals surface area (Å²) < 4.78 is 54.9. The Morgan fingerprint density at radius 3 is 1.87 bits per heavy atom. The average molecular weight is 545 g/mol. The first kappa shape index (κ1) is 28.5. The molecule has 0 radical (unpaired) electrons. The van der Waals surface area contributed by atoms with E-state index >= 15 is 0 Å². The maximum atomic E-state index is 13.8. The molecule has 0 heterocycles. The van der Waals surface area contributed by atoms with Crippen molar-refractivity contribution in [2.24, 2.45) is 0 Å². The van der Waals surface area contributed by atoms with E-state index in [9.17, 15) is 13.2 Å². The first-order chi connectivity index (χ1) is 18.2. The fourth-order valence-corrected chi connectivity index (χ4v) is 5.23. The highest BCUT2D eigenvalue weighted by atomic mass is 32.2. The average Bonchev–Trinajstić information content (AvgIpc) is 2.94. The van der Waals surface area contributed by atoms with Gasteiger partial charge in [0.15, 0.2) is 23.0 Å². The number of sulfonamides is 1. The van der Waals surface area contributed by atoms with Crippen LogP contribution in [0.2, 0.25) is 0 Å². The fraction of sp³-hybridized carbons (Fsp3) is 0.296. The number of nitrogens with one attached hydrogen (secondary N) is 1. The molecule has 3 aromatic carbocycles. The van der Waals surface area contributed by atoms with Crippen LogP contribution in [-0.4, -0.2) is 56.4 Å². The van der Waals surface area contributed by atoms with Gasteiger partial charge in [-0.1, -0.05) is 6.07 Å². The largest absolute Gasteiger partial charge is 0.497 e. The molecular weight excluding hydrogens is 512 g/mol. The van der Waals surface area contributed by atoms with Gasteiger partial charge in [-0.2, -0.15) is 0 Å². The Morgan fingerprint density at radius 1 is 0.763 bits per heavy atom. The second-order valence-electron chi connectivity index (χ2n) is 8.13. The number of anilines is 1. The summed E-state index contributed by atoms with van der Waals surface area (Å²) in [6.07, 6.45) is 0. The van der Waals surface area contributed by atoms with Gasteiger partial charge in [-0.15, -0.1) is 0 Å². The molecule has 0 aliphatic heterocycles. The molecule has 0 aromatic heterocycles. The van der Waals surface area contributed by atoms with Crippen LogP contribution in [0.4, 0.5) is 5.69 Å². The Labute approximate surface area is 223 Å². The fourth-order valence-electron chi connectivity index (χ4n) is 3.79. The Bertz CT molecular complexity index is 1360. The molecule has 0 saturated carbocycles. The van der Waals surface area contributed by atoms with Gasteiger partial charge in [0, 0.05) is 6.07 Å². The third-order valence-corrected chi connectivity index (χ3v) is 7.65. The van der Waals surface area contributed by atoms with Gasteiger partial charge in [-0.05, 0) is 61.0 Å². The van der Waals surface area contributed by atoms with Gasteiger partial charge in [-0.3, -0.25) is 9.10 Å². The Hall–Kier alpha value is -4.12. The minimum absolute atomic E-state index is 0.0632. The lowest BCUT2D eigenvalue weighted by atomic mass is 10.1. The molecule has 1 N–H and O–H groups in total. The molecule has 10 nitrogen and oxygen atoms in total. The van der Waals surface area contributed by atoms with Crippen LogP contribution >= 0.6 is 0 Å². The first-order valence-corrected chi connectivity index (χ1v) is 13.0. The van der Waals surface area contributed by atoms with E-state index in [1.165, 1.54) is 53.7 Å². The highest BCUT2D eigenvalue weighted by molar-refractivity contribution is 7.92. The van der Waals surface area contributed by atoms with Crippen molar-refractivity contribution in [3.05, 3.63) is 66.2 Å². The van der Waals surface area contributed by atoms with Crippen LogP contribution in [0.25, 0.3) is 0 Å². The van der Waals surface area contributed by atoms with Crippen molar-refractivity contribution in [1.29, 1.82) is 0 Å². The van der Waals surface area contributed by atoms with Crippen molar-refractivity contribution in [2.75, 3.05) is 46.4 Å². The third-order valence-electron chi connectivity index (χ3n) is 5.88. The molecule has 204 valence electrons. The monoisotopic (exact) mass is 544 g/mol. The lowest BCUT2D eigenvalue weighted by molar-refractivity contribution is -0.120. The summed E-state index contributed by atoms with van der Waals surface area (Å²) in [5.41, 5.74) is 1.05. The summed E-state index contributed by atoms with van der Waals surface area (Å²) in [5, 5.41) is 2.86. The predicted octanol–water partition coefficient (Wildman–Crippen LogP) is 3.80. The summed E-state index contributed by atoms with van der Waals surface area (Å²) in [6, 6.07) is 15.5. The minimum Gasteiger partial charge on any atom is -0.497 e. The highest BCUT2D eigenvalue weighted by Crippen LogP contribution is 2.33. The van der Waals surface area contributed by atoms with Crippen molar-refractivity contribution in [1.82, 2.24) is 5.32 Å². The first-order valence-electron chi connectivity index (χ1n) is 11.6. The van der Waals surface area contributed by atoms with Gasteiger partial charge in [0.05, 0.1) is 52.2 Å². The lowest BCUT2D eigenvalue weighted by Crippen LogP contribution is -2.41. The molecular formula is C27H32N2O8S. The summed E-state index contributed by atoms with van der Waals surface area (Å²) in [5.74, 6) is 1.73. The van der Waals surface area contributed by atoms with E-state index in [4.69, 9.17) is 23.7 Å². The number of carbonyl (C=O) groups excluding carboxylic acids is 1. The number of benzene rings is 3. The number of hydrogen-bond acceptors (Lipinski definition) is 8. The van der Waals surface area contributed by atoms with E-state index < -0.39 is 28.5 Å². The molecule has 1 amide bonds. The maximum Gasteiger partial charge on any atom is 0.264 e. The SMILES string of the molecule is COc1ccc(N(CC(=O)NC(C)c2ccc(OC)c(OC)c2)S(=O)(=O)c2ccc(OC)c(OC)c2)cc1. The number of rotatable bonds is 12. The molecule has 0 fully saturated rings. The van der Waals surface area contributed by atoms with E-state index in [1.54, 1.807) is 49.4 Å². The summed E-state index contributed by atoms with van der Waals surface area (Å²) in [4.78, 5) is 13.1. The Balaban J connectivity index is 1.93. The van der Waals surface area contributed by atoms with Crippen LogP contribution in [0.3, 0.4) is 0 Å². The van der Waals surface area contributed by atoms with E-state index in [0.29, 0.717) is 23.0 Å². The Morgan fingerprint density at radius 2 is 1.32 bits per heavy atom. The molecule has 3 rings (SSSR count).